The Morgan fingerprint density at radius 3 is 2.18 bits per heavy atom. The fraction of sp³-hybridized carbons (Fsp3) is 0.481. The summed E-state index contributed by atoms with van der Waals surface area (Å²) < 4.78 is 37.5. The summed E-state index contributed by atoms with van der Waals surface area (Å²) in [6.45, 7) is 7.41. The SMILES string of the molecule is CC(C)COc1ccc(CC(=O)N(Cc2ccc(Cl)cc2Cl)C2CCN(C)CC2)cc1.O=C(O)C(F)(F)F. The van der Waals surface area contributed by atoms with E-state index >= 15 is 0 Å². The minimum absolute atomic E-state index is 0.122. The molecule has 0 unspecified atom stereocenters. The van der Waals surface area contributed by atoms with Gasteiger partial charge in [0.25, 0.3) is 0 Å². The molecule has 38 heavy (non-hydrogen) atoms. The maximum absolute atomic E-state index is 13.4. The topological polar surface area (TPSA) is 70.1 Å². The molecule has 1 fully saturated rings. The standard InChI is InChI=1S/C25H32Cl2N2O2.C2HF3O2/c1-18(2)17-31-23-8-4-19(5-9-23)14-25(30)29(22-10-12-28(3)13-11-22)16-20-6-7-21(26)15-24(20)27;3-2(4,5)1(6)7/h4-9,15,18,22H,10-14,16-17H2,1-3H3;(H,6,7). The predicted octanol–water partition coefficient (Wildman–Crippen LogP) is 6.33. The van der Waals surface area contributed by atoms with E-state index < -0.39 is 12.1 Å². The van der Waals surface area contributed by atoms with E-state index in [2.05, 4.69) is 25.8 Å². The van der Waals surface area contributed by atoms with Crippen LogP contribution in [0.2, 0.25) is 10.0 Å². The van der Waals surface area contributed by atoms with Gasteiger partial charge >= 0.3 is 12.1 Å². The number of likely N-dealkylation sites (tertiary alicyclic amines) is 1. The van der Waals surface area contributed by atoms with Crippen LogP contribution in [0.4, 0.5) is 13.2 Å². The molecule has 2 aromatic rings. The van der Waals surface area contributed by atoms with Crippen LogP contribution in [0, 0.1) is 5.92 Å². The molecule has 1 aliphatic rings. The van der Waals surface area contributed by atoms with Gasteiger partial charge in [0.05, 0.1) is 13.0 Å². The Labute approximate surface area is 231 Å². The van der Waals surface area contributed by atoms with E-state index in [1.54, 1.807) is 6.07 Å². The average molecular weight is 577 g/mol. The van der Waals surface area contributed by atoms with Gasteiger partial charge in [-0.05, 0) is 74.3 Å². The van der Waals surface area contributed by atoms with Gasteiger partial charge in [0.1, 0.15) is 5.75 Å². The highest BCUT2D eigenvalue weighted by atomic mass is 35.5. The van der Waals surface area contributed by atoms with Gasteiger partial charge in [-0.3, -0.25) is 4.79 Å². The molecule has 1 aliphatic heterocycles. The van der Waals surface area contributed by atoms with Crippen molar-refractivity contribution in [3.8, 4) is 5.75 Å². The number of aliphatic carboxylic acids is 1. The highest BCUT2D eigenvalue weighted by Gasteiger charge is 2.38. The summed E-state index contributed by atoms with van der Waals surface area (Å²) in [6.07, 6.45) is -2.78. The quantitative estimate of drug-likeness (QED) is 0.398. The number of benzene rings is 2. The second-order valence-electron chi connectivity index (χ2n) is 9.62. The van der Waals surface area contributed by atoms with E-state index in [0.29, 0.717) is 35.5 Å². The number of piperidine rings is 1. The number of amides is 1. The van der Waals surface area contributed by atoms with Crippen LogP contribution in [-0.4, -0.2) is 65.7 Å². The minimum atomic E-state index is -5.08. The molecular formula is C27H33Cl2F3N2O4. The number of nitrogens with zero attached hydrogens (tertiary/aromatic N) is 2. The Morgan fingerprint density at radius 2 is 1.68 bits per heavy atom. The van der Waals surface area contributed by atoms with Crippen molar-refractivity contribution in [2.45, 2.75) is 51.9 Å². The van der Waals surface area contributed by atoms with Gasteiger partial charge in [-0.15, -0.1) is 0 Å². The average Bonchev–Trinajstić information content (AvgIpc) is 2.83. The molecule has 1 heterocycles. The van der Waals surface area contributed by atoms with Gasteiger partial charge in [0.15, 0.2) is 0 Å². The summed E-state index contributed by atoms with van der Waals surface area (Å²) in [6, 6.07) is 13.6. The molecule has 11 heteroatoms. The van der Waals surface area contributed by atoms with Crippen molar-refractivity contribution >= 4 is 35.1 Å². The van der Waals surface area contributed by atoms with Gasteiger partial charge in [-0.25, -0.2) is 4.79 Å². The van der Waals surface area contributed by atoms with Gasteiger partial charge in [-0.2, -0.15) is 13.2 Å². The zero-order valence-electron chi connectivity index (χ0n) is 21.6. The van der Waals surface area contributed by atoms with E-state index in [9.17, 15) is 18.0 Å². The Morgan fingerprint density at radius 1 is 1.11 bits per heavy atom. The number of hydrogen-bond acceptors (Lipinski definition) is 4. The van der Waals surface area contributed by atoms with Crippen LogP contribution in [0.3, 0.4) is 0 Å². The summed E-state index contributed by atoms with van der Waals surface area (Å²) in [5.74, 6) is -1.32. The van der Waals surface area contributed by atoms with E-state index in [0.717, 1.165) is 42.8 Å². The first-order chi connectivity index (χ1) is 17.8. The summed E-state index contributed by atoms with van der Waals surface area (Å²) in [5, 5.41) is 8.33. The molecule has 0 aliphatic carbocycles. The van der Waals surface area contributed by atoms with Crippen LogP contribution < -0.4 is 4.74 Å². The van der Waals surface area contributed by atoms with E-state index in [-0.39, 0.29) is 11.9 Å². The molecule has 3 rings (SSSR count). The van der Waals surface area contributed by atoms with E-state index in [4.69, 9.17) is 37.8 Å². The monoisotopic (exact) mass is 576 g/mol. The first-order valence-electron chi connectivity index (χ1n) is 12.2. The fourth-order valence-electron chi connectivity index (χ4n) is 3.80. The number of carbonyl (C=O) groups is 2. The smallest absolute Gasteiger partial charge is 0.490 e. The van der Waals surface area contributed by atoms with Crippen molar-refractivity contribution in [1.82, 2.24) is 9.80 Å². The molecule has 210 valence electrons. The normalized spacial score (nSPS) is 14.6. The van der Waals surface area contributed by atoms with Crippen molar-refractivity contribution in [3.05, 3.63) is 63.6 Å². The molecule has 6 nitrogen and oxygen atoms in total. The molecule has 0 saturated carbocycles. The summed E-state index contributed by atoms with van der Waals surface area (Å²) >= 11 is 12.5. The Hall–Kier alpha value is -2.49. The third-order valence-electron chi connectivity index (χ3n) is 5.91. The molecule has 1 amide bonds. The van der Waals surface area contributed by atoms with Gasteiger partial charge in [-0.1, -0.05) is 55.2 Å². The molecule has 1 N–H and O–H groups in total. The lowest BCUT2D eigenvalue weighted by Gasteiger charge is -2.37. The number of ether oxygens (including phenoxy) is 1. The van der Waals surface area contributed by atoms with Crippen molar-refractivity contribution in [3.63, 3.8) is 0 Å². The van der Waals surface area contributed by atoms with Crippen LogP contribution in [0.5, 0.6) is 5.75 Å². The molecule has 0 bridgehead atoms. The highest BCUT2D eigenvalue weighted by molar-refractivity contribution is 6.35. The number of halogens is 5. The number of alkyl halides is 3. The number of hydrogen-bond donors (Lipinski definition) is 1. The first kappa shape index (κ1) is 31.7. The molecule has 0 radical (unpaired) electrons. The third kappa shape index (κ3) is 10.7. The Kier molecular flexibility index (Phi) is 12.2. The first-order valence-corrected chi connectivity index (χ1v) is 13.0. The lowest BCUT2D eigenvalue weighted by atomic mass is 10.0. The van der Waals surface area contributed by atoms with E-state index in [1.807, 2.05) is 41.3 Å². The zero-order valence-corrected chi connectivity index (χ0v) is 23.1. The Bertz CT molecular complexity index is 1060. The molecular weight excluding hydrogens is 544 g/mol. The summed E-state index contributed by atoms with van der Waals surface area (Å²) in [5.41, 5.74) is 1.91. The predicted molar refractivity (Wildman–Crippen MR) is 142 cm³/mol. The number of rotatable bonds is 8. The Balaban J connectivity index is 0.000000638. The largest absolute Gasteiger partial charge is 0.493 e. The third-order valence-corrected chi connectivity index (χ3v) is 6.50. The van der Waals surface area contributed by atoms with Crippen molar-refractivity contribution < 1.29 is 32.6 Å². The van der Waals surface area contributed by atoms with Crippen LogP contribution in [0.1, 0.15) is 37.8 Å². The van der Waals surface area contributed by atoms with Crippen LogP contribution in [0.15, 0.2) is 42.5 Å². The molecule has 0 spiro atoms. The van der Waals surface area contributed by atoms with Crippen molar-refractivity contribution in [2.75, 3.05) is 26.7 Å². The van der Waals surface area contributed by atoms with Crippen LogP contribution >= 0.6 is 23.2 Å². The summed E-state index contributed by atoms with van der Waals surface area (Å²) in [7, 11) is 2.13. The lowest BCUT2D eigenvalue weighted by Crippen LogP contribution is -2.46. The highest BCUT2D eigenvalue weighted by Crippen LogP contribution is 2.26. The van der Waals surface area contributed by atoms with Gasteiger partial charge in [0.2, 0.25) is 5.91 Å². The number of carboxylic acids is 1. The number of carboxylic acid groups (broad SMARTS) is 1. The molecule has 2 aromatic carbocycles. The van der Waals surface area contributed by atoms with Gasteiger partial charge in [0, 0.05) is 22.6 Å². The van der Waals surface area contributed by atoms with Crippen LogP contribution in [0.25, 0.3) is 0 Å². The molecule has 1 saturated heterocycles. The fourth-order valence-corrected chi connectivity index (χ4v) is 4.27. The van der Waals surface area contributed by atoms with E-state index in [1.165, 1.54) is 0 Å². The zero-order chi connectivity index (χ0) is 28.5. The second kappa shape index (κ2) is 14.6. The number of carbonyl (C=O) groups excluding carboxylic acids is 1. The maximum atomic E-state index is 13.4. The summed E-state index contributed by atoms with van der Waals surface area (Å²) in [4.78, 5) is 26.6. The van der Waals surface area contributed by atoms with Gasteiger partial charge < -0.3 is 19.6 Å². The van der Waals surface area contributed by atoms with Crippen LogP contribution in [-0.2, 0) is 22.6 Å². The molecule has 0 aromatic heterocycles. The maximum Gasteiger partial charge on any atom is 0.490 e. The second-order valence-corrected chi connectivity index (χ2v) is 10.5. The van der Waals surface area contributed by atoms with Crippen molar-refractivity contribution in [2.24, 2.45) is 5.92 Å². The lowest BCUT2D eigenvalue weighted by molar-refractivity contribution is -0.192. The van der Waals surface area contributed by atoms with Crippen molar-refractivity contribution in [1.29, 1.82) is 0 Å². The minimum Gasteiger partial charge on any atom is -0.493 e. The molecule has 0 atom stereocenters.